The van der Waals surface area contributed by atoms with Gasteiger partial charge in [-0.15, -0.1) is 0 Å². The van der Waals surface area contributed by atoms with E-state index in [1.54, 1.807) is 11.9 Å². The third-order valence-electron chi connectivity index (χ3n) is 6.74. The lowest BCUT2D eigenvalue weighted by Crippen LogP contribution is -2.42. The SMILES string of the molecule is CN(C(=O)C1c2ccccc2Oc2ccccc21)[C@H](CN1CC[C@H](O)C1)c1ccc(F)cc1F. The lowest BCUT2D eigenvalue weighted by atomic mass is 9.86. The number of ether oxygens (including phenoxy) is 1. The van der Waals surface area contributed by atoms with Crippen molar-refractivity contribution in [1.82, 2.24) is 9.80 Å². The minimum absolute atomic E-state index is 0.211. The van der Waals surface area contributed by atoms with E-state index < -0.39 is 29.7 Å². The summed E-state index contributed by atoms with van der Waals surface area (Å²) in [7, 11) is 1.66. The van der Waals surface area contributed by atoms with Crippen LogP contribution in [0.3, 0.4) is 0 Å². The Labute approximate surface area is 197 Å². The molecule has 0 unspecified atom stereocenters. The molecule has 0 spiro atoms. The topological polar surface area (TPSA) is 53.0 Å². The third kappa shape index (κ3) is 4.17. The van der Waals surface area contributed by atoms with Crippen molar-refractivity contribution in [2.24, 2.45) is 0 Å². The quantitative estimate of drug-likeness (QED) is 0.606. The summed E-state index contributed by atoms with van der Waals surface area (Å²) >= 11 is 0. The number of fused-ring (bicyclic) bond motifs is 2. The van der Waals surface area contributed by atoms with E-state index >= 15 is 0 Å². The van der Waals surface area contributed by atoms with Gasteiger partial charge in [-0.05, 0) is 24.6 Å². The Morgan fingerprint density at radius 3 is 2.32 bits per heavy atom. The second kappa shape index (κ2) is 9.16. The number of carbonyl (C=O) groups excluding carboxylic acids is 1. The van der Waals surface area contributed by atoms with Crippen LogP contribution in [0.5, 0.6) is 11.5 Å². The van der Waals surface area contributed by atoms with Crippen LogP contribution in [0.15, 0.2) is 66.7 Å². The summed E-state index contributed by atoms with van der Waals surface area (Å²) in [4.78, 5) is 17.6. The standard InChI is InChI=1S/C27H26F2N2O3/c1-30(23(16-31-13-12-18(32)15-31)19-11-10-17(28)14-22(19)29)27(33)26-20-6-2-4-8-24(20)34-25-9-5-3-7-21(25)26/h2-11,14,18,23,26,32H,12-13,15-16H2,1H3/t18-,23+/m0/s1. The molecule has 1 fully saturated rings. The number of carbonyl (C=O) groups is 1. The van der Waals surface area contributed by atoms with Crippen molar-refractivity contribution in [3.05, 3.63) is 95.1 Å². The maximum absolute atomic E-state index is 14.9. The van der Waals surface area contributed by atoms with Gasteiger partial charge in [0.1, 0.15) is 23.1 Å². The van der Waals surface area contributed by atoms with E-state index in [2.05, 4.69) is 0 Å². The summed E-state index contributed by atoms with van der Waals surface area (Å²) in [6.07, 6.45) is 0.172. The lowest BCUT2D eigenvalue weighted by molar-refractivity contribution is -0.133. The highest BCUT2D eigenvalue weighted by atomic mass is 19.1. The van der Waals surface area contributed by atoms with E-state index in [0.717, 1.165) is 17.2 Å². The molecule has 0 radical (unpaired) electrons. The highest BCUT2D eigenvalue weighted by Gasteiger charge is 2.38. The lowest BCUT2D eigenvalue weighted by Gasteiger charge is -2.36. The van der Waals surface area contributed by atoms with E-state index in [-0.39, 0.29) is 11.5 Å². The number of aliphatic hydroxyl groups is 1. The highest BCUT2D eigenvalue weighted by Crippen LogP contribution is 2.45. The fourth-order valence-corrected chi connectivity index (χ4v) is 4.96. The first-order valence-corrected chi connectivity index (χ1v) is 11.4. The van der Waals surface area contributed by atoms with Crippen LogP contribution in [0, 0.1) is 11.6 Å². The maximum atomic E-state index is 14.9. The van der Waals surface area contributed by atoms with Gasteiger partial charge in [0, 0.05) is 49.4 Å². The zero-order chi connectivity index (χ0) is 23.8. The second-order valence-corrected chi connectivity index (χ2v) is 8.94. The Hall–Kier alpha value is -3.29. The number of benzene rings is 3. The fraction of sp³-hybridized carbons (Fsp3) is 0.296. The van der Waals surface area contributed by atoms with Crippen molar-refractivity contribution in [3.63, 3.8) is 0 Å². The number of nitrogens with zero attached hydrogens (tertiary/aromatic N) is 2. The van der Waals surface area contributed by atoms with Gasteiger partial charge < -0.3 is 14.7 Å². The molecule has 7 heteroatoms. The van der Waals surface area contributed by atoms with Crippen molar-refractivity contribution in [3.8, 4) is 11.5 Å². The molecule has 176 valence electrons. The van der Waals surface area contributed by atoms with E-state index in [0.29, 0.717) is 37.6 Å². The number of para-hydroxylation sites is 2. The van der Waals surface area contributed by atoms with E-state index in [4.69, 9.17) is 4.74 Å². The molecule has 5 rings (SSSR count). The van der Waals surface area contributed by atoms with E-state index in [1.165, 1.54) is 12.1 Å². The molecule has 1 amide bonds. The smallest absolute Gasteiger partial charge is 0.235 e. The number of amides is 1. The number of likely N-dealkylation sites (tertiary alicyclic amines) is 1. The minimum Gasteiger partial charge on any atom is -0.457 e. The van der Waals surface area contributed by atoms with Crippen LogP contribution in [-0.2, 0) is 4.79 Å². The number of halogens is 2. The van der Waals surface area contributed by atoms with Gasteiger partial charge in [-0.3, -0.25) is 9.69 Å². The van der Waals surface area contributed by atoms with Crippen LogP contribution in [0.1, 0.15) is 35.1 Å². The predicted molar refractivity (Wildman–Crippen MR) is 124 cm³/mol. The van der Waals surface area contributed by atoms with Crippen molar-refractivity contribution in [2.45, 2.75) is 24.5 Å². The molecule has 2 atom stereocenters. The first kappa shape index (κ1) is 22.5. The largest absolute Gasteiger partial charge is 0.457 e. The van der Waals surface area contributed by atoms with Gasteiger partial charge in [0.2, 0.25) is 5.91 Å². The number of aliphatic hydroxyl groups excluding tert-OH is 1. The number of rotatable bonds is 5. The Morgan fingerprint density at radius 2 is 1.74 bits per heavy atom. The molecular formula is C27H26F2N2O3. The molecule has 1 N–H and O–H groups in total. The van der Waals surface area contributed by atoms with Crippen LogP contribution in [0.4, 0.5) is 8.78 Å². The molecule has 0 bridgehead atoms. The maximum Gasteiger partial charge on any atom is 0.235 e. The summed E-state index contributed by atoms with van der Waals surface area (Å²) in [5.41, 5.74) is 1.73. The predicted octanol–water partition coefficient (Wildman–Crippen LogP) is 4.47. The van der Waals surface area contributed by atoms with Crippen molar-refractivity contribution >= 4 is 5.91 Å². The second-order valence-electron chi connectivity index (χ2n) is 8.94. The first-order chi connectivity index (χ1) is 16.4. The number of likely N-dealkylation sites (N-methyl/N-ethyl adjacent to an activating group) is 1. The minimum atomic E-state index is -0.697. The third-order valence-corrected chi connectivity index (χ3v) is 6.74. The fourth-order valence-electron chi connectivity index (χ4n) is 4.96. The molecule has 2 aliphatic rings. The summed E-state index contributed by atoms with van der Waals surface area (Å²) < 4.78 is 34.6. The van der Waals surface area contributed by atoms with Crippen molar-refractivity contribution < 1.29 is 23.4 Å². The summed E-state index contributed by atoms with van der Waals surface area (Å²) in [6, 6.07) is 17.6. The van der Waals surface area contributed by atoms with Gasteiger partial charge in [-0.1, -0.05) is 42.5 Å². The molecule has 3 aromatic rings. The molecule has 5 nitrogen and oxygen atoms in total. The summed E-state index contributed by atoms with van der Waals surface area (Å²) in [5, 5.41) is 9.98. The summed E-state index contributed by atoms with van der Waals surface area (Å²) in [6.45, 7) is 1.42. The van der Waals surface area contributed by atoms with Crippen LogP contribution in [0.25, 0.3) is 0 Å². The molecule has 3 aromatic carbocycles. The van der Waals surface area contributed by atoms with E-state index in [1.807, 2.05) is 53.4 Å². The molecule has 0 aliphatic carbocycles. The molecular weight excluding hydrogens is 438 g/mol. The van der Waals surface area contributed by atoms with Crippen molar-refractivity contribution in [1.29, 1.82) is 0 Å². The molecule has 0 aromatic heterocycles. The van der Waals surface area contributed by atoms with Gasteiger partial charge in [0.15, 0.2) is 0 Å². The first-order valence-electron chi connectivity index (χ1n) is 11.4. The molecule has 34 heavy (non-hydrogen) atoms. The average molecular weight is 465 g/mol. The normalized spacial score (nSPS) is 18.6. The Kier molecular flexibility index (Phi) is 6.06. The molecule has 1 saturated heterocycles. The average Bonchev–Trinajstić information content (AvgIpc) is 3.25. The number of hydrogen-bond acceptors (Lipinski definition) is 4. The Bertz CT molecular complexity index is 1170. The Balaban J connectivity index is 1.54. The molecule has 2 aliphatic heterocycles. The van der Waals surface area contributed by atoms with Gasteiger partial charge in [0.05, 0.1) is 18.1 Å². The monoisotopic (exact) mass is 464 g/mol. The highest BCUT2D eigenvalue weighted by molar-refractivity contribution is 5.90. The zero-order valence-corrected chi connectivity index (χ0v) is 18.8. The van der Waals surface area contributed by atoms with E-state index in [9.17, 15) is 18.7 Å². The van der Waals surface area contributed by atoms with Gasteiger partial charge >= 0.3 is 0 Å². The van der Waals surface area contributed by atoms with Crippen LogP contribution in [-0.4, -0.2) is 53.6 Å². The van der Waals surface area contributed by atoms with Gasteiger partial charge in [0.25, 0.3) is 0 Å². The Morgan fingerprint density at radius 1 is 1.09 bits per heavy atom. The van der Waals surface area contributed by atoms with Gasteiger partial charge in [-0.25, -0.2) is 8.78 Å². The van der Waals surface area contributed by atoms with Gasteiger partial charge in [-0.2, -0.15) is 0 Å². The summed E-state index contributed by atoms with van der Waals surface area (Å²) in [5.74, 6) is -0.978. The van der Waals surface area contributed by atoms with Crippen LogP contribution < -0.4 is 4.74 Å². The van der Waals surface area contributed by atoms with Crippen LogP contribution >= 0.6 is 0 Å². The molecule has 0 saturated carbocycles. The van der Waals surface area contributed by atoms with Crippen molar-refractivity contribution in [2.75, 3.05) is 26.7 Å². The number of hydrogen-bond donors (Lipinski definition) is 1. The molecule has 2 heterocycles. The number of β-amino-alcohol motifs (C(OH)–C–C–N with tert-alkyl or cyclic N) is 1. The zero-order valence-electron chi connectivity index (χ0n) is 18.8. The van der Waals surface area contributed by atoms with Crippen LogP contribution in [0.2, 0.25) is 0 Å².